The maximum Gasteiger partial charge on any atom is 0.325 e. The summed E-state index contributed by atoms with van der Waals surface area (Å²) in [5, 5.41) is 6.07. The lowest BCUT2D eigenvalue weighted by atomic mass is 9.73. The molecule has 2 N–H and O–H groups in total. The second kappa shape index (κ2) is 6.43. The average molecular weight is 350 g/mol. The summed E-state index contributed by atoms with van der Waals surface area (Å²) < 4.78 is 0. The zero-order valence-corrected chi connectivity index (χ0v) is 14.2. The second-order valence-corrected chi connectivity index (χ2v) is 6.93. The van der Waals surface area contributed by atoms with Crippen LogP contribution in [0.15, 0.2) is 24.3 Å². The lowest BCUT2D eigenvalue weighted by molar-refractivity contribution is -0.136. The molecule has 7 heteroatoms. The molecule has 0 aromatic heterocycles. The molecule has 1 saturated heterocycles. The number of carbonyl (C=O) groups excluding carboxylic acids is 3. The van der Waals surface area contributed by atoms with Gasteiger partial charge in [0.05, 0.1) is 0 Å². The molecule has 1 saturated carbocycles. The Kier molecular flexibility index (Phi) is 4.49. The van der Waals surface area contributed by atoms with Crippen molar-refractivity contribution in [3.8, 4) is 0 Å². The normalized spacial score (nSPS) is 26.6. The number of amides is 4. The van der Waals surface area contributed by atoms with Crippen LogP contribution in [0, 0.1) is 5.92 Å². The SMILES string of the molecule is C[C@H]1CCCC[C@@]12NC(=O)N(CC(=O)Nc1ccc(Cl)cc1)C2=O. The van der Waals surface area contributed by atoms with Crippen molar-refractivity contribution in [3.63, 3.8) is 0 Å². The minimum Gasteiger partial charge on any atom is -0.325 e. The van der Waals surface area contributed by atoms with E-state index >= 15 is 0 Å². The van der Waals surface area contributed by atoms with E-state index in [9.17, 15) is 14.4 Å². The van der Waals surface area contributed by atoms with Crippen molar-refractivity contribution in [2.75, 3.05) is 11.9 Å². The second-order valence-electron chi connectivity index (χ2n) is 6.49. The van der Waals surface area contributed by atoms with Crippen LogP contribution in [-0.2, 0) is 9.59 Å². The molecule has 1 aromatic rings. The lowest BCUT2D eigenvalue weighted by Gasteiger charge is -2.36. The highest BCUT2D eigenvalue weighted by atomic mass is 35.5. The highest BCUT2D eigenvalue weighted by Crippen LogP contribution is 2.38. The molecule has 0 radical (unpaired) electrons. The molecule has 2 fully saturated rings. The number of hydrogen-bond donors (Lipinski definition) is 2. The van der Waals surface area contributed by atoms with Crippen molar-refractivity contribution in [2.24, 2.45) is 5.92 Å². The number of nitrogens with one attached hydrogen (secondary N) is 2. The van der Waals surface area contributed by atoms with Gasteiger partial charge in [-0.15, -0.1) is 0 Å². The number of anilines is 1. The first-order valence-electron chi connectivity index (χ1n) is 8.12. The Bertz CT molecular complexity index is 676. The Morgan fingerprint density at radius 1 is 1.33 bits per heavy atom. The lowest BCUT2D eigenvalue weighted by Crippen LogP contribution is -2.54. The largest absolute Gasteiger partial charge is 0.325 e. The van der Waals surface area contributed by atoms with Crippen LogP contribution < -0.4 is 10.6 Å². The van der Waals surface area contributed by atoms with Crippen LogP contribution in [0.2, 0.25) is 5.02 Å². The van der Waals surface area contributed by atoms with Gasteiger partial charge in [-0.1, -0.05) is 31.4 Å². The van der Waals surface area contributed by atoms with Crippen LogP contribution in [0.3, 0.4) is 0 Å². The molecular formula is C17H20ClN3O3. The number of halogens is 1. The molecule has 0 unspecified atom stereocenters. The number of urea groups is 1. The van der Waals surface area contributed by atoms with E-state index in [1.165, 1.54) is 0 Å². The van der Waals surface area contributed by atoms with E-state index in [0.29, 0.717) is 17.1 Å². The van der Waals surface area contributed by atoms with E-state index < -0.39 is 17.5 Å². The van der Waals surface area contributed by atoms with E-state index in [1.54, 1.807) is 24.3 Å². The van der Waals surface area contributed by atoms with Crippen LogP contribution in [0.1, 0.15) is 32.6 Å². The smallest absolute Gasteiger partial charge is 0.325 e. The molecule has 6 nitrogen and oxygen atoms in total. The summed E-state index contributed by atoms with van der Waals surface area (Å²) in [7, 11) is 0. The fraction of sp³-hybridized carbons (Fsp3) is 0.471. The summed E-state index contributed by atoms with van der Waals surface area (Å²) in [6, 6.07) is 6.15. The van der Waals surface area contributed by atoms with Crippen molar-refractivity contribution >= 4 is 35.1 Å². The third-order valence-corrected chi connectivity index (χ3v) is 5.18. The van der Waals surface area contributed by atoms with Crippen LogP contribution in [0.25, 0.3) is 0 Å². The third kappa shape index (κ3) is 2.98. The van der Waals surface area contributed by atoms with E-state index in [2.05, 4.69) is 10.6 Å². The number of benzene rings is 1. The summed E-state index contributed by atoms with van der Waals surface area (Å²) in [5.41, 5.74) is -0.271. The molecule has 1 aliphatic heterocycles. The molecule has 128 valence electrons. The molecule has 3 rings (SSSR count). The summed E-state index contributed by atoms with van der Waals surface area (Å²) >= 11 is 5.80. The monoisotopic (exact) mass is 349 g/mol. The molecule has 4 amide bonds. The van der Waals surface area contributed by atoms with Gasteiger partial charge in [0.15, 0.2) is 0 Å². The van der Waals surface area contributed by atoms with Gasteiger partial charge in [0.1, 0.15) is 12.1 Å². The van der Waals surface area contributed by atoms with Crippen molar-refractivity contribution in [2.45, 2.75) is 38.1 Å². The van der Waals surface area contributed by atoms with E-state index in [4.69, 9.17) is 11.6 Å². The summed E-state index contributed by atoms with van der Waals surface area (Å²) in [5.74, 6) is -0.626. The molecular weight excluding hydrogens is 330 g/mol. The van der Waals surface area contributed by atoms with E-state index in [0.717, 1.165) is 24.2 Å². The molecule has 1 heterocycles. The predicted molar refractivity (Wildman–Crippen MR) is 90.7 cm³/mol. The van der Waals surface area contributed by atoms with Crippen molar-refractivity contribution in [1.29, 1.82) is 0 Å². The maximum absolute atomic E-state index is 12.8. The standard InChI is InChI=1S/C17H20ClN3O3/c1-11-4-2-3-9-17(11)15(23)21(16(24)20-17)10-14(22)19-13-7-5-12(18)6-8-13/h5-8,11H,2-4,9-10H2,1H3,(H,19,22)(H,20,24)/t11-,17+/m0/s1. The Labute approximate surface area is 145 Å². The van der Waals surface area contributed by atoms with Crippen LogP contribution in [0.4, 0.5) is 10.5 Å². The quantitative estimate of drug-likeness (QED) is 0.823. The zero-order chi connectivity index (χ0) is 17.3. The highest BCUT2D eigenvalue weighted by Gasteiger charge is 2.55. The number of carbonyl (C=O) groups is 3. The van der Waals surface area contributed by atoms with Gasteiger partial charge in [-0.2, -0.15) is 0 Å². The van der Waals surface area contributed by atoms with Gasteiger partial charge < -0.3 is 10.6 Å². The minimum absolute atomic E-state index is 0.0760. The molecule has 2 atom stereocenters. The molecule has 1 spiro atoms. The zero-order valence-electron chi connectivity index (χ0n) is 13.5. The van der Waals surface area contributed by atoms with Crippen molar-refractivity contribution in [1.82, 2.24) is 10.2 Å². The molecule has 2 aliphatic rings. The van der Waals surface area contributed by atoms with Crippen LogP contribution in [0.5, 0.6) is 0 Å². The Morgan fingerprint density at radius 2 is 2.04 bits per heavy atom. The number of rotatable bonds is 3. The first kappa shape index (κ1) is 16.8. The van der Waals surface area contributed by atoms with E-state index in [1.807, 2.05) is 6.92 Å². The first-order valence-corrected chi connectivity index (χ1v) is 8.50. The molecule has 0 bridgehead atoms. The van der Waals surface area contributed by atoms with Crippen LogP contribution in [-0.4, -0.2) is 34.8 Å². The molecule has 24 heavy (non-hydrogen) atoms. The Balaban J connectivity index is 1.68. The average Bonchev–Trinajstić information content (AvgIpc) is 2.78. The topological polar surface area (TPSA) is 78.5 Å². The van der Waals surface area contributed by atoms with Gasteiger partial charge in [-0.05, 0) is 43.0 Å². The van der Waals surface area contributed by atoms with Gasteiger partial charge in [-0.25, -0.2) is 4.79 Å². The fourth-order valence-corrected chi connectivity index (χ4v) is 3.64. The Morgan fingerprint density at radius 3 is 2.71 bits per heavy atom. The van der Waals surface area contributed by atoms with Crippen LogP contribution >= 0.6 is 11.6 Å². The Hall–Kier alpha value is -2.08. The van der Waals surface area contributed by atoms with Gasteiger partial charge >= 0.3 is 6.03 Å². The van der Waals surface area contributed by atoms with Crippen molar-refractivity contribution < 1.29 is 14.4 Å². The highest BCUT2D eigenvalue weighted by molar-refractivity contribution is 6.30. The number of nitrogens with zero attached hydrogens (tertiary/aromatic N) is 1. The number of hydrogen-bond acceptors (Lipinski definition) is 3. The minimum atomic E-state index is -0.837. The summed E-state index contributed by atoms with van der Waals surface area (Å²) in [4.78, 5) is 38.2. The van der Waals surface area contributed by atoms with Gasteiger partial charge in [0.25, 0.3) is 5.91 Å². The molecule has 1 aliphatic carbocycles. The van der Waals surface area contributed by atoms with Gasteiger partial charge in [0, 0.05) is 10.7 Å². The summed E-state index contributed by atoms with van der Waals surface area (Å²) in [6.45, 7) is 1.69. The third-order valence-electron chi connectivity index (χ3n) is 4.93. The fourth-order valence-electron chi connectivity index (χ4n) is 3.52. The molecule has 1 aromatic carbocycles. The van der Waals surface area contributed by atoms with Gasteiger partial charge in [0.2, 0.25) is 5.91 Å². The van der Waals surface area contributed by atoms with Gasteiger partial charge in [-0.3, -0.25) is 14.5 Å². The first-order chi connectivity index (χ1) is 11.4. The number of imide groups is 1. The summed E-state index contributed by atoms with van der Waals surface area (Å²) in [6.07, 6.45) is 3.50. The van der Waals surface area contributed by atoms with Crippen molar-refractivity contribution in [3.05, 3.63) is 29.3 Å². The maximum atomic E-state index is 12.8. The van der Waals surface area contributed by atoms with E-state index in [-0.39, 0.29) is 18.4 Å². The predicted octanol–water partition coefficient (Wildman–Crippen LogP) is 2.78.